The topological polar surface area (TPSA) is 108 Å². The Morgan fingerprint density at radius 3 is 2.62 bits per heavy atom. The Kier molecular flexibility index (Phi) is 6.61. The number of aliphatic hydroxyl groups is 1. The lowest BCUT2D eigenvalue weighted by molar-refractivity contribution is 0.246. The highest BCUT2D eigenvalue weighted by molar-refractivity contribution is 7.99. The Balaban J connectivity index is 1.92. The summed E-state index contributed by atoms with van der Waals surface area (Å²) in [4.78, 5) is 13.9. The minimum atomic E-state index is -0.599. The van der Waals surface area contributed by atoms with Crippen molar-refractivity contribution in [2.45, 2.75) is 16.1 Å². The third kappa shape index (κ3) is 4.16. The maximum Gasteiger partial charge on any atom is 0.176 e. The molecule has 1 unspecified atom stereocenters. The first-order valence-corrected chi connectivity index (χ1v) is 11.0. The Bertz CT molecular complexity index is 1280. The first-order chi connectivity index (χ1) is 15.5. The number of hydrogen-bond donors (Lipinski definition) is 2. The molecule has 2 aromatic carbocycles. The molecule has 0 aliphatic rings. The first-order valence-electron chi connectivity index (χ1n) is 9.41. The van der Waals surface area contributed by atoms with Crippen LogP contribution in [0.4, 0.5) is 5.82 Å². The molecule has 166 valence electrons. The summed E-state index contributed by atoms with van der Waals surface area (Å²) in [6.07, 6.45) is 1.36. The number of fused-ring (bicyclic) bond motifs is 1. The number of nitrogen functional groups attached to an aromatic ring is 1. The second kappa shape index (κ2) is 9.41. The van der Waals surface area contributed by atoms with Gasteiger partial charge in [-0.05, 0) is 47.7 Å². The van der Waals surface area contributed by atoms with Crippen molar-refractivity contribution in [1.82, 2.24) is 19.5 Å². The van der Waals surface area contributed by atoms with Gasteiger partial charge in [-0.2, -0.15) is 0 Å². The lowest BCUT2D eigenvalue weighted by atomic mass is 10.1. The van der Waals surface area contributed by atoms with Gasteiger partial charge in [-0.15, -0.1) is 0 Å². The Hall–Kier alpha value is -2.72. The number of aromatic nitrogens is 4. The van der Waals surface area contributed by atoms with Crippen LogP contribution < -0.4 is 15.2 Å². The van der Waals surface area contributed by atoms with Gasteiger partial charge in [-0.3, -0.25) is 4.57 Å². The number of rotatable bonds is 7. The van der Waals surface area contributed by atoms with E-state index in [0.717, 1.165) is 4.90 Å². The largest absolute Gasteiger partial charge is 0.497 e. The molecule has 0 fully saturated rings. The van der Waals surface area contributed by atoms with E-state index in [1.807, 2.05) is 12.1 Å². The average Bonchev–Trinajstić information content (AvgIpc) is 3.15. The zero-order chi connectivity index (χ0) is 22.8. The van der Waals surface area contributed by atoms with Gasteiger partial charge in [-0.25, -0.2) is 15.0 Å². The standard InChI is InChI=1S/C21H19Cl2N5O3S/c1-30-12-4-6-16(31-2)17(8-12)32-21-27-18-19(24)25-10-26-20(18)28(21)15(9-29)13-5-3-11(22)7-14(13)23/h3-8,10,15,29H,9H2,1-2H3,(H2,24,25,26). The van der Waals surface area contributed by atoms with Gasteiger partial charge in [0.1, 0.15) is 17.8 Å². The number of nitrogens with two attached hydrogens (primary N) is 1. The van der Waals surface area contributed by atoms with Crippen LogP contribution in [0, 0.1) is 0 Å². The maximum absolute atomic E-state index is 10.4. The number of hydrogen-bond acceptors (Lipinski definition) is 8. The number of halogens is 2. The molecule has 0 radical (unpaired) electrons. The van der Waals surface area contributed by atoms with Crippen LogP contribution >= 0.6 is 35.0 Å². The van der Waals surface area contributed by atoms with Crippen LogP contribution in [-0.4, -0.2) is 45.5 Å². The molecule has 2 aromatic heterocycles. The summed E-state index contributed by atoms with van der Waals surface area (Å²) < 4.78 is 12.6. The molecule has 0 saturated carbocycles. The van der Waals surface area contributed by atoms with Gasteiger partial charge in [0.2, 0.25) is 0 Å². The number of ether oxygens (including phenoxy) is 2. The highest BCUT2D eigenvalue weighted by Crippen LogP contribution is 2.41. The molecule has 0 amide bonds. The molecule has 3 N–H and O–H groups in total. The fourth-order valence-corrected chi connectivity index (χ4v) is 4.92. The molecule has 0 aliphatic carbocycles. The summed E-state index contributed by atoms with van der Waals surface area (Å²) >= 11 is 13.9. The van der Waals surface area contributed by atoms with Crippen LogP contribution in [0.1, 0.15) is 11.6 Å². The summed E-state index contributed by atoms with van der Waals surface area (Å²) in [7, 11) is 3.18. The maximum atomic E-state index is 10.4. The molecule has 8 nitrogen and oxygen atoms in total. The van der Waals surface area contributed by atoms with E-state index in [4.69, 9.17) is 38.4 Å². The van der Waals surface area contributed by atoms with Gasteiger partial charge in [-0.1, -0.05) is 29.3 Å². The van der Waals surface area contributed by atoms with Gasteiger partial charge in [0.25, 0.3) is 0 Å². The van der Waals surface area contributed by atoms with Crippen molar-refractivity contribution in [2.75, 3.05) is 26.6 Å². The monoisotopic (exact) mass is 491 g/mol. The Morgan fingerprint density at radius 2 is 1.94 bits per heavy atom. The van der Waals surface area contributed by atoms with Crippen LogP contribution in [0.5, 0.6) is 11.5 Å². The molecule has 0 spiro atoms. The molecule has 4 aromatic rings. The number of benzene rings is 2. The highest BCUT2D eigenvalue weighted by Gasteiger charge is 2.26. The number of anilines is 1. The molecular weight excluding hydrogens is 473 g/mol. The zero-order valence-electron chi connectivity index (χ0n) is 17.1. The number of imidazole rings is 1. The minimum absolute atomic E-state index is 0.229. The lowest BCUT2D eigenvalue weighted by Gasteiger charge is -2.21. The fourth-order valence-electron chi connectivity index (χ4n) is 3.31. The van der Waals surface area contributed by atoms with Crippen molar-refractivity contribution < 1.29 is 14.6 Å². The lowest BCUT2D eigenvalue weighted by Crippen LogP contribution is -2.17. The zero-order valence-corrected chi connectivity index (χ0v) is 19.4. The molecule has 2 heterocycles. The first kappa shape index (κ1) is 22.5. The third-order valence-electron chi connectivity index (χ3n) is 4.85. The second-order valence-corrected chi connectivity index (χ2v) is 8.53. The van der Waals surface area contributed by atoms with Crippen molar-refractivity contribution in [3.63, 3.8) is 0 Å². The van der Waals surface area contributed by atoms with Crippen LogP contribution in [0.2, 0.25) is 10.0 Å². The van der Waals surface area contributed by atoms with Gasteiger partial charge in [0.05, 0.1) is 31.8 Å². The summed E-state index contributed by atoms with van der Waals surface area (Å²) in [5.41, 5.74) is 7.62. The normalized spacial score (nSPS) is 12.2. The van der Waals surface area contributed by atoms with E-state index >= 15 is 0 Å². The molecule has 11 heteroatoms. The number of aliphatic hydroxyl groups excluding tert-OH is 1. The summed E-state index contributed by atoms with van der Waals surface area (Å²) in [6, 6.07) is 9.96. The van der Waals surface area contributed by atoms with Crippen LogP contribution in [0.3, 0.4) is 0 Å². The van der Waals surface area contributed by atoms with E-state index in [0.29, 0.717) is 43.4 Å². The van der Waals surface area contributed by atoms with Crippen molar-refractivity contribution in [3.8, 4) is 11.5 Å². The molecule has 32 heavy (non-hydrogen) atoms. The molecule has 0 saturated heterocycles. The molecule has 1 atom stereocenters. The SMILES string of the molecule is COc1ccc(OC)c(Sc2nc3c(N)ncnc3n2C(CO)c2ccc(Cl)cc2Cl)c1. The average molecular weight is 492 g/mol. The summed E-state index contributed by atoms with van der Waals surface area (Å²) in [5, 5.41) is 11.8. The van der Waals surface area contributed by atoms with Crippen LogP contribution in [0.25, 0.3) is 11.2 Å². The van der Waals surface area contributed by atoms with E-state index in [9.17, 15) is 5.11 Å². The number of methoxy groups -OCH3 is 2. The smallest absolute Gasteiger partial charge is 0.176 e. The summed E-state index contributed by atoms with van der Waals surface area (Å²) in [6.45, 7) is -0.264. The van der Waals surface area contributed by atoms with Gasteiger partial charge in [0, 0.05) is 10.0 Å². The molecule has 0 aliphatic heterocycles. The highest BCUT2D eigenvalue weighted by atomic mass is 35.5. The van der Waals surface area contributed by atoms with E-state index in [-0.39, 0.29) is 12.4 Å². The predicted molar refractivity (Wildman–Crippen MR) is 125 cm³/mol. The van der Waals surface area contributed by atoms with Gasteiger partial charge in [0.15, 0.2) is 22.1 Å². The number of nitrogens with zero attached hydrogens (tertiary/aromatic N) is 4. The quantitative estimate of drug-likeness (QED) is 0.389. The van der Waals surface area contributed by atoms with Crippen molar-refractivity contribution in [1.29, 1.82) is 0 Å². The second-order valence-electron chi connectivity index (χ2n) is 6.68. The van der Waals surface area contributed by atoms with Crippen molar-refractivity contribution in [2.24, 2.45) is 0 Å². The molecule has 0 bridgehead atoms. The Labute approximate surface area is 198 Å². The van der Waals surface area contributed by atoms with Crippen molar-refractivity contribution in [3.05, 3.63) is 58.3 Å². The summed E-state index contributed by atoms with van der Waals surface area (Å²) in [5.74, 6) is 1.53. The predicted octanol–water partition coefficient (Wildman–Crippen LogP) is 4.47. The minimum Gasteiger partial charge on any atom is -0.497 e. The van der Waals surface area contributed by atoms with Crippen LogP contribution in [0.15, 0.2) is 52.8 Å². The van der Waals surface area contributed by atoms with Gasteiger partial charge >= 0.3 is 0 Å². The van der Waals surface area contributed by atoms with Crippen molar-refractivity contribution >= 4 is 51.9 Å². The van der Waals surface area contributed by atoms with E-state index in [2.05, 4.69) is 15.0 Å². The van der Waals surface area contributed by atoms with Crippen LogP contribution in [-0.2, 0) is 0 Å². The van der Waals surface area contributed by atoms with E-state index in [1.165, 1.54) is 18.1 Å². The molecule has 4 rings (SSSR count). The third-order valence-corrected chi connectivity index (χ3v) is 6.42. The fraction of sp³-hybridized carbons (Fsp3) is 0.190. The molecular formula is C21H19Cl2N5O3S. The van der Waals surface area contributed by atoms with Gasteiger partial charge < -0.3 is 20.3 Å². The Morgan fingerprint density at radius 1 is 1.12 bits per heavy atom. The van der Waals surface area contributed by atoms with E-state index in [1.54, 1.807) is 43.1 Å². The van der Waals surface area contributed by atoms with E-state index < -0.39 is 6.04 Å².